The van der Waals surface area contributed by atoms with Crippen molar-refractivity contribution in [2.75, 3.05) is 102 Å². The predicted molar refractivity (Wildman–Crippen MR) is 400 cm³/mol. The van der Waals surface area contributed by atoms with E-state index in [4.69, 9.17) is 37.9 Å². The number of non-ortho nitro benzene ring substituents is 3. The first-order chi connectivity index (χ1) is 50.3. The number of nitrogens with one attached hydrogen (secondary N) is 6. The smallest absolute Gasteiger partial charge is 0.407 e. The van der Waals surface area contributed by atoms with Crippen LogP contribution in [0.2, 0.25) is 0 Å². The van der Waals surface area contributed by atoms with Crippen LogP contribution in [-0.4, -0.2) is 130 Å². The van der Waals surface area contributed by atoms with Gasteiger partial charge in [0.2, 0.25) is 0 Å². The van der Waals surface area contributed by atoms with E-state index in [-0.39, 0.29) is 90.9 Å². The number of nitro groups is 3. The van der Waals surface area contributed by atoms with Gasteiger partial charge in [-0.2, -0.15) is 0 Å². The minimum absolute atomic E-state index is 0.00116. The number of esters is 1. The number of unbranched alkanes of at least 4 members (excludes halogenated alkanes) is 18. The van der Waals surface area contributed by atoms with Gasteiger partial charge in [0, 0.05) is 109 Å². The number of hydrogen-bond donors (Lipinski definition) is 6. The van der Waals surface area contributed by atoms with Crippen molar-refractivity contribution in [1.29, 1.82) is 0 Å². The zero-order chi connectivity index (χ0) is 74.6. The van der Waals surface area contributed by atoms with E-state index in [9.17, 15) is 49.5 Å². The third kappa shape index (κ3) is 33.9. The average Bonchev–Trinajstić information content (AvgIpc) is 0.848. The Kier molecular flexibility index (Phi) is 37.1. The van der Waals surface area contributed by atoms with Crippen molar-refractivity contribution in [1.82, 2.24) is 16.0 Å². The molecule has 0 unspecified atom stereocenters. The zero-order valence-corrected chi connectivity index (χ0v) is 60.4. The molecule has 6 aromatic carbocycles. The summed E-state index contributed by atoms with van der Waals surface area (Å²) >= 11 is 0. The Morgan fingerprint density at radius 3 is 0.933 bits per heavy atom. The van der Waals surface area contributed by atoms with Crippen LogP contribution in [0.1, 0.15) is 180 Å². The van der Waals surface area contributed by atoms with E-state index in [0.29, 0.717) is 67.2 Å². The van der Waals surface area contributed by atoms with Crippen LogP contribution in [0.4, 0.5) is 38.9 Å². The SMILES string of the molecule is COC(=O)c1cc(OCCNC(=O)c2cc(OCCCCCCCCCCCCNC(=O)OC(C)(C)C)cc(OCCNc3ccc([N+](=O)[O-])cc3)c2)cc(OCCNC(=O)c2cc(OCCCCCCCCCCCCNc3ccc([N+](=O)[O-])cc3)cc(OCCNc3ccc([N+](=O)[O-])cc3)c2)c1. The quantitative estimate of drug-likeness (QED) is 0.00894. The molecule has 27 nitrogen and oxygen atoms in total. The van der Waals surface area contributed by atoms with Crippen molar-refractivity contribution in [2.45, 2.75) is 155 Å². The van der Waals surface area contributed by atoms with E-state index in [0.717, 1.165) is 128 Å². The van der Waals surface area contributed by atoms with Crippen molar-refractivity contribution in [3.63, 3.8) is 0 Å². The van der Waals surface area contributed by atoms with Gasteiger partial charge in [-0.15, -0.1) is 0 Å². The number of benzene rings is 6. The van der Waals surface area contributed by atoms with Gasteiger partial charge < -0.3 is 69.8 Å². The monoisotopic (exact) mass is 1440 g/mol. The number of alkyl carbamates (subject to hydrolysis) is 1. The van der Waals surface area contributed by atoms with Crippen LogP contribution in [0.5, 0.6) is 34.5 Å². The number of nitro benzene ring substituents is 3. The molecule has 27 heteroatoms. The zero-order valence-electron chi connectivity index (χ0n) is 60.4. The summed E-state index contributed by atoms with van der Waals surface area (Å²) in [6.07, 6.45) is 21.0. The molecule has 104 heavy (non-hydrogen) atoms. The highest BCUT2D eigenvalue weighted by Crippen LogP contribution is 2.28. The lowest BCUT2D eigenvalue weighted by Crippen LogP contribution is -2.32. The van der Waals surface area contributed by atoms with E-state index in [1.807, 2.05) is 20.8 Å². The number of carbonyl (C=O) groups excluding carboxylic acids is 4. The van der Waals surface area contributed by atoms with Crippen molar-refractivity contribution in [3.8, 4) is 34.5 Å². The normalized spacial score (nSPS) is 11.0. The minimum Gasteiger partial charge on any atom is -0.493 e. The number of ether oxygens (including phenoxy) is 8. The Bertz CT molecular complexity index is 3590. The van der Waals surface area contributed by atoms with Gasteiger partial charge in [0.25, 0.3) is 28.9 Å². The molecule has 6 rings (SSSR count). The number of amides is 3. The van der Waals surface area contributed by atoms with Crippen molar-refractivity contribution in [2.24, 2.45) is 0 Å². The van der Waals surface area contributed by atoms with Crippen LogP contribution in [-0.2, 0) is 9.47 Å². The molecule has 0 aliphatic heterocycles. The Hall–Kier alpha value is -10.6. The molecule has 6 N–H and O–H groups in total. The molecule has 0 aromatic heterocycles. The third-order valence-corrected chi connectivity index (χ3v) is 16.2. The summed E-state index contributed by atoms with van der Waals surface area (Å²) in [5.74, 6) is 0.755. The molecule has 3 amide bonds. The number of hydrogen-bond acceptors (Lipinski definition) is 21. The molecule has 564 valence electrons. The van der Waals surface area contributed by atoms with Crippen molar-refractivity contribution in [3.05, 3.63) is 174 Å². The lowest BCUT2D eigenvalue weighted by molar-refractivity contribution is -0.385. The van der Waals surface area contributed by atoms with Crippen molar-refractivity contribution < 1.29 is 71.8 Å². The topological polar surface area (TPSA) is 344 Å². The van der Waals surface area contributed by atoms with Crippen LogP contribution >= 0.6 is 0 Å². The Balaban J connectivity index is 0.944. The van der Waals surface area contributed by atoms with Gasteiger partial charge in [0.1, 0.15) is 66.5 Å². The van der Waals surface area contributed by atoms with Crippen LogP contribution in [0.15, 0.2) is 127 Å². The van der Waals surface area contributed by atoms with Gasteiger partial charge in [-0.1, -0.05) is 103 Å². The summed E-state index contributed by atoms with van der Waals surface area (Å²) in [5.41, 5.74) is 2.48. The Morgan fingerprint density at radius 1 is 0.337 bits per heavy atom. The number of nitrogens with zero attached hydrogens (tertiary/aromatic N) is 3. The van der Waals surface area contributed by atoms with E-state index in [1.165, 1.54) is 68.5 Å². The lowest BCUT2D eigenvalue weighted by Gasteiger charge is -2.19. The van der Waals surface area contributed by atoms with Crippen molar-refractivity contribution >= 4 is 58.0 Å². The first kappa shape index (κ1) is 82.4. The largest absolute Gasteiger partial charge is 0.493 e. The lowest BCUT2D eigenvalue weighted by atomic mass is 10.1. The summed E-state index contributed by atoms with van der Waals surface area (Å²) in [6, 6.07) is 33.1. The van der Waals surface area contributed by atoms with Gasteiger partial charge in [-0.25, -0.2) is 9.59 Å². The molecule has 0 radical (unpaired) electrons. The minimum atomic E-state index is -0.641. The fraction of sp³-hybridized carbons (Fsp3) is 0.481. The van der Waals surface area contributed by atoms with E-state index in [2.05, 4.69) is 31.9 Å². The molecule has 0 heterocycles. The molecule has 0 fully saturated rings. The number of anilines is 3. The number of rotatable bonds is 53. The molecule has 6 aromatic rings. The maximum absolute atomic E-state index is 13.7. The molecule has 0 atom stereocenters. The summed E-state index contributed by atoms with van der Waals surface area (Å²) in [6.45, 7) is 9.08. The first-order valence-corrected chi connectivity index (χ1v) is 36.1. The Labute approximate surface area is 608 Å². The summed E-state index contributed by atoms with van der Waals surface area (Å²) in [7, 11) is 1.25. The van der Waals surface area contributed by atoms with E-state index >= 15 is 0 Å². The molecule has 0 saturated carbocycles. The fourth-order valence-electron chi connectivity index (χ4n) is 10.8. The number of carbonyl (C=O) groups is 4. The standard InChI is InChI=1S/C77H103N9O18/c1-77(2,3)104-76(90)83-38-22-18-14-10-6-8-12-16-20-24-44-99-68-50-59(52-70(56-68)101-46-40-80-63-29-35-66(36-30-63)86(95)96)74(88)82-42-48-103-72-54-60(75(89)97-4)53-71(57-72)102-47-41-81-73(87)58-49-67(55-69(51-58)100-45-39-79-62-27-33-65(34-28-62)85(93)94)98-43-23-19-15-11-7-5-9-13-17-21-37-78-61-25-31-64(32-26-61)84(91)92/h25-36,49-57,78-80H,5-24,37-48H2,1-4H3,(H,81,87)(H,82,88)(H,83,90). The highest BCUT2D eigenvalue weighted by molar-refractivity contribution is 5.95. The predicted octanol–water partition coefficient (Wildman–Crippen LogP) is 16.0. The molecular weight excluding hydrogens is 1340 g/mol. The average molecular weight is 1440 g/mol. The van der Waals surface area contributed by atoms with Gasteiger partial charge in [0.05, 0.1) is 53.7 Å². The van der Waals surface area contributed by atoms with Crippen LogP contribution in [0, 0.1) is 30.3 Å². The van der Waals surface area contributed by atoms with Crippen LogP contribution < -0.4 is 60.3 Å². The Morgan fingerprint density at radius 2 is 0.615 bits per heavy atom. The first-order valence-electron chi connectivity index (χ1n) is 36.1. The van der Waals surface area contributed by atoms with Gasteiger partial charge in [-0.05, 0) is 119 Å². The second kappa shape index (κ2) is 46.8. The van der Waals surface area contributed by atoms with Crippen LogP contribution in [0.3, 0.4) is 0 Å². The van der Waals surface area contributed by atoms with Crippen LogP contribution in [0.25, 0.3) is 0 Å². The maximum Gasteiger partial charge on any atom is 0.407 e. The van der Waals surface area contributed by atoms with E-state index < -0.39 is 38.2 Å². The summed E-state index contributed by atoms with van der Waals surface area (Å²) < 4.78 is 46.9. The van der Waals surface area contributed by atoms with E-state index in [1.54, 1.807) is 78.9 Å². The molecule has 0 aliphatic rings. The second-order valence-electron chi connectivity index (χ2n) is 25.9. The maximum atomic E-state index is 13.7. The molecule has 0 bridgehead atoms. The van der Waals surface area contributed by atoms with Gasteiger partial charge in [0.15, 0.2) is 0 Å². The number of methoxy groups -OCH3 is 1. The summed E-state index contributed by atoms with van der Waals surface area (Å²) in [4.78, 5) is 84.0. The fourth-order valence-corrected chi connectivity index (χ4v) is 10.8. The van der Waals surface area contributed by atoms with Gasteiger partial charge >= 0.3 is 12.1 Å². The molecule has 0 aliphatic carbocycles. The highest BCUT2D eigenvalue weighted by Gasteiger charge is 2.18. The molecule has 0 saturated heterocycles. The van der Waals surface area contributed by atoms with Gasteiger partial charge in [-0.3, -0.25) is 39.9 Å². The molecule has 0 spiro atoms. The molecular formula is C77H103N9O18. The third-order valence-electron chi connectivity index (χ3n) is 16.2. The highest BCUT2D eigenvalue weighted by atomic mass is 16.6. The second-order valence-corrected chi connectivity index (χ2v) is 25.9. The summed E-state index contributed by atoms with van der Waals surface area (Å²) in [5, 5.41) is 51.4.